The molecule has 0 fully saturated rings. The minimum Gasteiger partial charge on any atom is -0.313 e. The lowest BCUT2D eigenvalue weighted by molar-refractivity contribution is -0.116. The fourth-order valence-corrected chi connectivity index (χ4v) is 3.44. The van der Waals surface area contributed by atoms with E-state index in [0.717, 1.165) is 16.9 Å². The van der Waals surface area contributed by atoms with Crippen LogP contribution in [0.5, 0.6) is 0 Å². The molecule has 144 valence electrons. The number of carbonyl (C=O) groups is 2. The number of carbonyl (C=O) groups excluding carboxylic acids is 2. The van der Waals surface area contributed by atoms with Crippen LogP contribution in [-0.2, 0) is 4.79 Å². The monoisotopic (exact) mass is 384 g/mol. The van der Waals surface area contributed by atoms with Gasteiger partial charge in [-0.3, -0.25) is 14.0 Å². The summed E-state index contributed by atoms with van der Waals surface area (Å²) in [5.41, 5.74) is 3.96. The van der Waals surface area contributed by atoms with E-state index in [0.29, 0.717) is 23.4 Å². The largest absolute Gasteiger partial charge is 0.313 e. The lowest BCUT2D eigenvalue weighted by Gasteiger charge is -2.20. The molecule has 2 heterocycles. The van der Waals surface area contributed by atoms with Gasteiger partial charge in [0.25, 0.3) is 0 Å². The Hall–Kier alpha value is -3.80. The summed E-state index contributed by atoms with van der Waals surface area (Å²) in [6.07, 6.45) is 3.28. The molecule has 0 bridgehead atoms. The Morgan fingerprint density at radius 2 is 1.79 bits per heavy atom. The van der Waals surface area contributed by atoms with E-state index < -0.39 is 0 Å². The second-order valence-corrected chi connectivity index (χ2v) is 6.63. The number of rotatable bonds is 5. The first-order valence-corrected chi connectivity index (χ1v) is 9.40. The normalized spacial score (nSPS) is 10.8. The van der Waals surface area contributed by atoms with Crippen LogP contribution < -0.4 is 4.90 Å². The predicted molar refractivity (Wildman–Crippen MR) is 112 cm³/mol. The van der Waals surface area contributed by atoms with Crippen LogP contribution in [0.1, 0.15) is 29.9 Å². The van der Waals surface area contributed by atoms with E-state index in [2.05, 4.69) is 9.97 Å². The summed E-state index contributed by atoms with van der Waals surface area (Å²) in [7, 11) is 0. The summed E-state index contributed by atoms with van der Waals surface area (Å²) in [6, 6.07) is 18.7. The summed E-state index contributed by atoms with van der Waals surface area (Å²) >= 11 is 0. The molecule has 0 unspecified atom stereocenters. The second-order valence-electron chi connectivity index (χ2n) is 6.63. The molecular formula is C23H20N4O2. The summed E-state index contributed by atoms with van der Waals surface area (Å²) in [4.78, 5) is 35.2. The van der Waals surface area contributed by atoms with E-state index in [1.54, 1.807) is 40.9 Å². The fourth-order valence-electron chi connectivity index (χ4n) is 3.44. The van der Waals surface area contributed by atoms with Crippen molar-refractivity contribution in [1.29, 1.82) is 0 Å². The number of nitrogens with zero attached hydrogens (tertiary/aromatic N) is 4. The average molecular weight is 384 g/mol. The van der Waals surface area contributed by atoms with Crippen molar-refractivity contribution >= 4 is 23.0 Å². The standard InChI is InChI=1S/C23H20N4O2/c1-3-26(16(2)28)19-11-7-10-18(14-19)20-12-13-24-23-21(25-15-27(20)23)22(29)17-8-5-4-6-9-17/h4-15H,3H2,1-2H3. The minimum absolute atomic E-state index is 0.0112. The number of benzene rings is 2. The molecule has 0 radical (unpaired) electrons. The van der Waals surface area contributed by atoms with Crippen LogP contribution in [0.25, 0.3) is 16.9 Å². The van der Waals surface area contributed by atoms with Crippen LogP contribution in [0, 0.1) is 0 Å². The number of ketones is 1. The highest BCUT2D eigenvalue weighted by Gasteiger charge is 2.18. The van der Waals surface area contributed by atoms with E-state index >= 15 is 0 Å². The molecule has 6 nitrogen and oxygen atoms in total. The Kier molecular flexibility index (Phi) is 4.91. The Balaban J connectivity index is 1.80. The number of amides is 1. The van der Waals surface area contributed by atoms with E-state index in [9.17, 15) is 9.59 Å². The Morgan fingerprint density at radius 3 is 2.52 bits per heavy atom. The summed E-state index contributed by atoms with van der Waals surface area (Å²) in [6.45, 7) is 4.08. The van der Waals surface area contributed by atoms with Gasteiger partial charge in [0.05, 0.1) is 5.69 Å². The minimum atomic E-state index is -0.166. The molecule has 1 amide bonds. The van der Waals surface area contributed by atoms with Crippen molar-refractivity contribution in [3.05, 3.63) is 84.4 Å². The number of hydrogen-bond donors (Lipinski definition) is 0. The van der Waals surface area contributed by atoms with Crippen molar-refractivity contribution in [2.45, 2.75) is 13.8 Å². The van der Waals surface area contributed by atoms with Gasteiger partial charge in [0.1, 0.15) is 6.33 Å². The molecule has 4 aromatic rings. The van der Waals surface area contributed by atoms with Crippen molar-refractivity contribution in [3.63, 3.8) is 0 Å². The van der Waals surface area contributed by atoms with Gasteiger partial charge in [-0.25, -0.2) is 9.97 Å². The first-order valence-electron chi connectivity index (χ1n) is 9.40. The van der Waals surface area contributed by atoms with Crippen molar-refractivity contribution in [2.24, 2.45) is 0 Å². The second kappa shape index (κ2) is 7.67. The van der Waals surface area contributed by atoms with Crippen molar-refractivity contribution in [1.82, 2.24) is 14.4 Å². The molecule has 0 atom stereocenters. The van der Waals surface area contributed by atoms with Gasteiger partial charge in [0.15, 0.2) is 11.3 Å². The number of imidazole rings is 1. The summed E-state index contributed by atoms with van der Waals surface area (Å²) < 4.78 is 1.80. The number of anilines is 1. The number of fused-ring (bicyclic) bond motifs is 1. The Labute approximate surface area is 168 Å². The maximum Gasteiger partial charge on any atom is 0.223 e. The van der Waals surface area contributed by atoms with Crippen molar-refractivity contribution < 1.29 is 9.59 Å². The van der Waals surface area contributed by atoms with Gasteiger partial charge in [0.2, 0.25) is 11.7 Å². The average Bonchev–Trinajstić information content (AvgIpc) is 3.18. The molecule has 0 saturated heterocycles. The zero-order valence-electron chi connectivity index (χ0n) is 16.2. The Morgan fingerprint density at radius 1 is 1.00 bits per heavy atom. The van der Waals surface area contributed by atoms with Crippen molar-refractivity contribution in [3.8, 4) is 11.3 Å². The molecule has 0 spiro atoms. The van der Waals surface area contributed by atoms with Crippen LogP contribution in [0.2, 0.25) is 0 Å². The predicted octanol–water partition coefficient (Wildman–Crippen LogP) is 4.00. The van der Waals surface area contributed by atoms with Crippen LogP contribution in [0.3, 0.4) is 0 Å². The van der Waals surface area contributed by atoms with Gasteiger partial charge in [0, 0.05) is 36.5 Å². The van der Waals surface area contributed by atoms with E-state index in [1.165, 1.54) is 0 Å². The van der Waals surface area contributed by atoms with E-state index in [-0.39, 0.29) is 11.7 Å². The molecule has 0 aliphatic rings. The first kappa shape index (κ1) is 18.6. The quantitative estimate of drug-likeness (QED) is 0.488. The van der Waals surface area contributed by atoms with Gasteiger partial charge in [-0.15, -0.1) is 0 Å². The summed E-state index contributed by atoms with van der Waals surface area (Å²) in [5, 5.41) is 0. The van der Waals surface area contributed by atoms with Crippen LogP contribution in [-0.4, -0.2) is 32.6 Å². The van der Waals surface area contributed by atoms with Crippen LogP contribution in [0.15, 0.2) is 73.2 Å². The molecule has 0 N–H and O–H groups in total. The van der Waals surface area contributed by atoms with Gasteiger partial charge >= 0.3 is 0 Å². The lowest BCUT2D eigenvalue weighted by atomic mass is 10.1. The Bertz CT molecular complexity index is 1200. The molecule has 6 heteroatoms. The molecule has 2 aromatic heterocycles. The van der Waals surface area contributed by atoms with Gasteiger partial charge in [-0.05, 0) is 25.1 Å². The lowest BCUT2D eigenvalue weighted by Crippen LogP contribution is -2.27. The smallest absolute Gasteiger partial charge is 0.223 e. The van der Waals surface area contributed by atoms with E-state index in [1.807, 2.05) is 55.5 Å². The van der Waals surface area contributed by atoms with Crippen LogP contribution in [0.4, 0.5) is 5.69 Å². The third kappa shape index (κ3) is 3.40. The third-order valence-electron chi connectivity index (χ3n) is 4.83. The van der Waals surface area contributed by atoms with Crippen molar-refractivity contribution in [2.75, 3.05) is 11.4 Å². The molecular weight excluding hydrogens is 364 g/mol. The molecule has 29 heavy (non-hydrogen) atoms. The topological polar surface area (TPSA) is 67.6 Å². The maximum atomic E-state index is 12.9. The third-order valence-corrected chi connectivity index (χ3v) is 4.83. The fraction of sp³-hybridized carbons (Fsp3) is 0.130. The molecule has 2 aromatic carbocycles. The highest BCUT2D eigenvalue weighted by molar-refractivity contribution is 6.11. The van der Waals surface area contributed by atoms with E-state index in [4.69, 9.17) is 0 Å². The first-order chi connectivity index (χ1) is 14.1. The van der Waals surface area contributed by atoms with Gasteiger partial charge in [-0.1, -0.05) is 42.5 Å². The molecule has 0 aliphatic carbocycles. The zero-order chi connectivity index (χ0) is 20.4. The highest BCUT2D eigenvalue weighted by Crippen LogP contribution is 2.26. The maximum absolute atomic E-state index is 12.9. The summed E-state index contributed by atoms with van der Waals surface area (Å²) in [5.74, 6) is -0.178. The molecule has 0 saturated carbocycles. The molecule has 4 rings (SSSR count). The highest BCUT2D eigenvalue weighted by atomic mass is 16.2. The number of hydrogen-bond acceptors (Lipinski definition) is 4. The van der Waals surface area contributed by atoms with Gasteiger partial charge in [-0.2, -0.15) is 0 Å². The van der Waals surface area contributed by atoms with Gasteiger partial charge < -0.3 is 4.90 Å². The number of aromatic nitrogens is 3. The molecule has 0 aliphatic heterocycles. The van der Waals surface area contributed by atoms with Crippen LogP contribution >= 0.6 is 0 Å². The SMILES string of the molecule is CCN(C(C)=O)c1cccc(-c2ccnc3c(C(=O)c4ccccc4)ncn23)c1. The zero-order valence-corrected chi connectivity index (χ0v) is 16.2.